The van der Waals surface area contributed by atoms with E-state index in [9.17, 15) is 9.59 Å². The summed E-state index contributed by atoms with van der Waals surface area (Å²) in [5, 5.41) is 2.83. The van der Waals surface area contributed by atoms with E-state index in [0.29, 0.717) is 12.1 Å². The quantitative estimate of drug-likeness (QED) is 0.881. The van der Waals surface area contributed by atoms with Gasteiger partial charge in [-0.2, -0.15) is 0 Å². The second-order valence-corrected chi connectivity index (χ2v) is 4.62. The van der Waals surface area contributed by atoms with E-state index < -0.39 is 0 Å². The topological polar surface area (TPSA) is 62.0 Å². The third-order valence-electron chi connectivity index (χ3n) is 2.79. The Kier molecular flexibility index (Phi) is 3.80. The van der Waals surface area contributed by atoms with E-state index in [1.54, 1.807) is 12.3 Å². The summed E-state index contributed by atoms with van der Waals surface area (Å²) in [6.07, 6.45) is 1.60. The van der Waals surface area contributed by atoms with Crippen LogP contribution in [-0.4, -0.2) is 10.9 Å². The number of carbonyl (C=O) groups is 1. The van der Waals surface area contributed by atoms with Gasteiger partial charge in [0.05, 0.1) is 0 Å². The molecule has 1 heterocycles. The molecule has 0 aliphatic carbocycles. The molecule has 98 valence electrons. The number of nitrogens with one attached hydrogen (secondary N) is 2. The molecule has 4 nitrogen and oxygen atoms in total. The van der Waals surface area contributed by atoms with E-state index in [0.717, 1.165) is 16.7 Å². The number of aromatic amines is 1. The molecule has 2 N–H and O–H groups in total. The summed E-state index contributed by atoms with van der Waals surface area (Å²) in [4.78, 5) is 25.5. The molecule has 0 unspecified atom stereocenters. The summed E-state index contributed by atoms with van der Waals surface area (Å²) >= 11 is 0. The first-order chi connectivity index (χ1) is 9.04. The highest BCUT2D eigenvalue weighted by Crippen LogP contribution is 2.08. The van der Waals surface area contributed by atoms with Crippen molar-refractivity contribution in [3.63, 3.8) is 0 Å². The van der Waals surface area contributed by atoms with Crippen molar-refractivity contribution in [3.05, 3.63) is 69.1 Å². The van der Waals surface area contributed by atoms with Crippen LogP contribution in [0.4, 0.5) is 0 Å². The standard InChI is InChI=1S/C15H16N2O2/c1-10-5-11(2)7-13(6-10)15(19)17-9-12-3-4-14(18)16-8-12/h3-8H,9H2,1-2H3,(H,16,18)(H,17,19). The number of carbonyl (C=O) groups excluding carboxylic acids is 1. The van der Waals surface area contributed by atoms with E-state index in [-0.39, 0.29) is 11.5 Å². The first-order valence-corrected chi connectivity index (χ1v) is 6.09. The Morgan fingerprint density at radius 3 is 2.42 bits per heavy atom. The van der Waals surface area contributed by atoms with Crippen LogP contribution in [0, 0.1) is 13.8 Å². The van der Waals surface area contributed by atoms with Gasteiger partial charge in [0, 0.05) is 24.4 Å². The summed E-state index contributed by atoms with van der Waals surface area (Å²) in [6, 6.07) is 8.88. The van der Waals surface area contributed by atoms with Crippen molar-refractivity contribution >= 4 is 5.91 Å². The van der Waals surface area contributed by atoms with Gasteiger partial charge in [0.2, 0.25) is 5.56 Å². The molecule has 0 spiro atoms. The Labute approximate surface area is 111 Å². The molecule has 1 aromatic carbocycles. The molecule has 0 aliphatic rings. The summed E-state index contributed by atoms with van der Waals surface area (Å²) in [5.74, 6) is -0.113. The van der Waals surface area contributed by atoms with Crippen molar-refractivity contribution in [2.24, 2.45) is 0 Å². The van der Waals surface area contributed by atoms with Gasteiger partial charge in [-0.25, -0.2) is 0 Å². The van der Waals surface area contributed by atoms with Gasteiger partial charge in [-0.1, -0.05) is 23.3 Å². The van der Waals surface area contributed by atoms with Crippen LogP contribution >= 0.6 is 0 Å². The number of pyridine rings is 1. The van der Waals surface area contributed by atoms with E-state index in [1.807, 2.05) is 32.0 Å². The fourth-order valence-electron chi connectivity index (χ4n) is 1.94. The molecule has 0 bridgehead atoms. The minimum absolute atomic E-state index is 0.113. The molecule has 0 saturated carbocycles. The van der Waals surface area contributed by atoms with Crippen LogP contribution in [0.25, 0.3) is 0 Å². The summed E-state index contributed by atoms with van der Waals surface area (Å²) in [7, 11) is 0. The molecule has 2 aromatic rings. The number of amides is 1. The Morgan fingerprint density at radius 2 is 1.84 bits per heavy atom. The highest BCUT2D eigenvalue weighted by molar-refractivity contribution is 5.94. The Hall–Kier alpha value is -2.36. The molecule has 0 saturated heterocycles. The van der Waals surface area contributed by atoms with Crippen LogP contribution in [0.1, 0.15) is 27.0 Å². The van der Waals surface area contributed by atoms with E-state index >= 15 is 0 Å². The first kappa shape index (κ1) is 13.1. The number of hydrogen-bond acceptors (Lipinski definition) is 2. The summed E-state index contributed by atoms with van der Waals surface area (Å²) in [6.45, 7) is 4.32. The molecule has 1 aromatic heterocycles. The molecule has 1 amide bonds. The number of benzene rings is 1. The van der Waals surface area contributed by atoms with E-state index in [2.05, 4.69) is 10.3 Å². The third-order valence-corrected chi connectivity index (χ3v) is 2.79. The molecule has 4 heteroatoms. The van der Waals surface area contributed by atoms with E-state index in [1.165, 1.54) is 6.07 Å². The summed E-state index contributed by atoms with van der Waals surface area (Å²) in [5.41, 5.74) is 3.49. The summed E-state index contributed by atoms with van der Waals surface area (Å²) < 4.78 is 0. The van der Waals surface area contributed by atoms with Gasteiger partial charge in [0.15, 0.2) is 0 Å². The first-order valence-electron chi connectivity index (χ1n) is 6.09. The second-order valence-electron chi connectivity index (χ2n) is 4.62. The molecule has 0 fully saturated rings. The minimum atomic E-state index is -0.149. The molecule has 0 atom stereocenters. The maximum Gasteiger partial charge on any atom is 0.251 e. The fourth-order valence-corrected chi connectivity index (χ4v) is 1.94. The van der Waals surface area contributed by atoms with Crippen LogP contribution < -0.4 is 10.9 Å². The molecule has 2 rings (SSSR count). The zero-order chi connectivity index (χ0) is 13.8. The minimum Gasteiger partial charge on any atom is -0.348 e. The molecule has 19 heavy (non-hydrogen) atoms. The van der Waals surface area contributed by atoms with Crippen molar-refractivity contribution in [1.29, 1.82) is 0 Å². The lowest BCUT2D eigenvalue weighted by molar-refractivity contribution is 0.0950. The number of hydrogen-bond donors (Lipinski definition) is 2. The van der Waals surface area contributed by atoms with Crippen molar-refractivity contribution in [2.45, 2.75) is 20.4 Å². The molecule has 0 aliphatic heterocycles. The number of rotatable bonds is 3. The maximum absolute atomic E-state index is 12.0. The van der Waals surface area contributed by atoms with Crippen LogP contribution in [0.15, 0.2) is 41.3 Å². The second kappa shape index (κ2) is 5.52. The van der Waals surface area contributed by atoms with Gasteiger partial charge in [0.1, 0.15) is 0 Å². The number of aromatic nitrogens is 1. The highest BCUT2D eigenvalue weighted by Gasteiger charge is 2.06. The highest BCUT2D eigenvalue weighted by atomic mass is 16.1. The molecular formula is C15H16N2O2. The predicted octanol–water partition coefficient (Wildman–Crippen LogP) is 1.92. The fraction of sp³-hybridized carbons (Fsp3) is 0.200. The Morgan fingerprint density at radius 1 is 1.16 bits per heavy atom. The predicted molar refractivity (Wildman–Crippen MR) is 74.1 cm³/mol. The van der Waals surface area contributed by atoms with Gasteiger partial charge in [-0.05, 0) is 31.5 Å². The van der Waals surface area contributed by atoms with Crippen LogP contribution in [0.5, 0.6) is 0 Å². The van der Waals surface area contributed by atoms with E-state index in [4.69, 9.17) is 0 Å². The lowest BCUT2D eigenvalue weighted by Gasteiger charge is -2.07. The van der Waals surface area contributed by atoms with Gasteiger partial charge < -0.3 is 10.3 Å². The van der Waals surface area contributed by atoms with Crippen LogP contribution in [-0.2, 0) is 6.54 Å². The van der Waals surface area contributed by atoms with Gasteiger partial charge in [-0.3, -0.25) is 9.59 Å². The van der Waals surface area contributed by atoms with Crippen molar-refractivity contribution in [3.8, 4) is 0 Å². The SMILES string of the molecule is Cc1cc(C)cc(C(=O)NCc2ccc(=O)[nH]c2)c1. The van der Waals surface area contributed by atoms with Crippen molar-refractivity contribution in [2.75, 3.05) is 0 Å². The van der Waals surface area contributed by atoms with Crippen LogP contribution in [0.3, 0.4) is 0 Å². The Bertz CT molecular complexity index is 619. The van der Waals surface area contributed by atoms with Gasteiger partial charge in [0.25, 0.3) is 5.91 Å². The lowest BCUT2D eigenvalue weighted by Crippen LogP contribution is -2.23. The average Bonchev–Trinajstić information content (AvgIpc) is 2.36. The lowest BCUT2D eigenvalue weighted by atomic mass is 10.1. The molecular weight excluding hydrogens is 240 g/mol. The zero-order valence-corrected chi connectivity index (χ0v) is 11.0. The monoisotopic (exact) mass is 256 g/mol. The Balaban J connectivity index is 2.05. The van der Waals surface area contributed by atoms with Gasteiger partial charge >= 0.3 is 0 Å². The van der Waals surface area contributed by atoms with Gasteiger partial charge in [-0.15, -0.1) is 0 Å². The number of aryl methyl sites for hydroxylation is 2. The number of H-pyrrole nitrogens is 1. The smallest absolute Gasteiger partial charge is 0.251 e. The van der Waals surface area contributed by atoms with Crippen molar-refractivity contribution in [1.82, 2.24) is 10.3 Å². The van der Waals surface area contributed by atoms with Crippen molar-refractivity contribution < 1.29 is 4.79 Å². The largest absolute Gasteiger partial charge is 0.348 e. The maximum atomic E-state index is 12.0. The van der Waals surface area contributed by atoms with Crippen LogP contribution in [0.2, 0.25) is 0 Å². The normalized spacial score (nSPS) is 10.2. The average molecular weight is 256 g/mol. The third kappa shape index (κ3) is 3.55. The zero-order valence-electron chi connectivity index (χ0n) is 11.0. The molecule has 0 radical (unpaired) electrons.